The molecule has 0 bridgehead atoms. The van der Waals surface area contributed by atoms with Gasteiger partial charge in [0.15, 0.2) is 11.4 Å². The number of hydrogen-bond acceptors (Lipinski definition) is 6. The lowest BCUT2D eigenvalue weighted by Crippen LogP contribution is -2.46. The molecule has 1 fully saturated rings. The van der Waals surface area contributed by atoms with E-state index < -0.39 is 5.41 Å². The number of aromatic amines is 1. The molecule has 8 nitrogen and oxygen atoms in total. The van der Waals surface area contributed by atoms with E-state index in [0.717, 1.165) is 29.9 Å². The highest BCUT2D eigenvalue weighted by Crippen LogP contribution is 2.25. The van der Waals surface area contributed by atoms with Gasteiger partial charge in [0.2, 0.25) is 0 Å². The van der Waals surface area contributed by atoms with Gasteiger partial charge in [-0.05, 0) is 17.2 Å². The van der Waals surface area contributed by atoms with Gasteiger partial charge in [0.25, 0.3) is 5.91 Å². The van der Waals surface area contributed by atoms with Gasteiger partial charge in [-0.2, -0.15) is 5.26 Å². The molecule has 0 aliphatic carbocycles. The number of nitrogens with zero attached hydrogens (tertiary/aromatic N) is 4. The molecule has 174 valence electrons. The first-order valence-electron chi connectivity index (χ1n) is 11.3. The molecule has 4 rings (SSSR count). The SMILES string of the molecule is CC(C)(C)C(=O)c1c[nH]c2ncc(Cc3ccc(C=C(C#N)C(=O)N4CCNCC4)cc3)nc12. The van der Waals surface area contributed by atoms with Crippen molar-refractivity contribution < 1.29 is 9.59 Å². The van der Waals surface area contributed by atoms with Crippen molar-refractivity contribution in [1.82, 2.24) is 25.2 Å². The Bertz CT molecular complexity index is 1290. The smallest absolute Gasteiger partial charge is 0.264 e. The van der Waals surface area contributed by atoms with E-state index in [2.05, 4.69) is 15.3 Å². The normalized spacial score (nSPS) is 14.8. The number of carbonyl (C=O) groups is 2. The topological polar surface area (TPSA) is 115 Å². The van der Waals surface area contributed by atoms with Crippen LogP contribution in [0.4, 0.5) is 0 Å². The maximum absolute atomic E-state index is 12.8. The lowest BCUT2D eigenvalue weighted by molar-refractivity contribution is -0.127. The van der Waals surface area contributed by atoms with Crippen LogP contribution < -0.4 is 5.32 Å². The molecule has 1 saturated heterocycles. The van der Waals surface area contributed by atoms with Crippen LogP contribution in [-0.4, -0.2) is 57.7 Å². The number of nitriles is 1. The molecule has 0 saturated carbocycles. The van der Waals surface area contributed by atoms with Crippen LogP contribution in [0.15, 0.2) is 42.2 Å². The maximum atomic E-state index is 12.8. The molecule has 0 radical (unpaired) electrons. The fraction of sp³-hybridized carbons (Fsp3) is 0.346. The molecule has 0 spiro atoms. The van der Waals surface area contributed by atoms with E-state index >= 15 is 0 Å². The third-order valence-electron chi connectivity index (χ3n) is 5.79. The Hall–Kier alpha value is -3.83. The maximum Gasteiger partial charge on any atom is 0.264 e. The van der Waals surface area contributed by atoms with Gasteiger partial charge in [0, 0.05) is 44.2 Å². The molecular formula is C26H28N6O2. The zero-order valence-corrected chi connectivity index (χ0v) is 19.7. The minimum absolute atomic E-state index is 0.0185. The highest BCUT2D eigenvalue weighted by Gasteiger charge is 2.26. The minimum atomic E-state index is -0.509. The molecule has 1 amide bonds. The Morgan fingerprint density at radius 1 is 1.18 bits per heavy atom. The number of Topliss-reactive ketones (excluding diaryl/α,β-unsaturated/α-hetero) is 1. The number of amides is 1. The van der Waals surface area contributed by atoms with Crippen molar-refractivity contribution in [3.63, 3.8) is 0 Å². The Kier molecular flexibility index (Phi) is 6.57. The number of nitrogens with one attached hydrogen (secondary N) is 2. The van der Waals surface area contributed by atoms with Gasteiger partial charge in [0.05, 0.1) is 17.5 Å². The molecule has 1 aliphatic rings. The summed E-state index contributed by atoms with van der Waals surface area (Å²) in [6, 6.07) is 9.70. The van der Waals surface area contributed by atoms with Crippen LogP contribution in [-0.2, 0) is 11.2 Å². The van der Waals surface area contributed by atoms with Gasteiger partial charge in [-0.25, -0.2) is 9.97 Å². The van der Waals surface area contributed by atoms with Gasteiger partial charge in [-0.1, -0.05) is 45.0 Å². The largest absolute Gasteiger partial charge is 0.344 e. The number of H-pyrrole nitrogens is 1. The molecule has 2 aromatic heterocycles. The molecule has 2 N–H and O–H groups in total. The fourth-order valence-electron chi connectivity index (χ4n) is 3.88. The molecular weight excluding hydrogens is 428 g/mol. The second-order valence-corrected chi connectivity index (χ2v) is 9.47. The summed E-state index contributed by atoms with van der Waals surface area (Å²) in [6.45, 7) is 8.34. The summed E-state index contributed by atoms with van der Waals surface area (Å²) in [6.07, 6.45) is 5.56. The average molecular weight is 457 g/mol. The van der Waals surface area contributed by atoms with Gasteiger partial charge in [0.1, 0.15) is 17.2 Å². The van der Waals surface area contributed by atoms with Crippen molar-refractivity contribution in [2.75, 3.05) is 26.2 Å². The number of benzene rings is 1. The van der Waals surface area contributed by atoms with Crippen molar-refractivity contribution in [2.45, 2.75) is 27.2 Å². The Morgan fingerprint density at radius 3 is 2.53 bits per heavy atom. The van der Waals surface area contributed by atoms with Crippen molar-refractivity contribution in [2.24, 2.45) is 5.41 Å². The van der Waals surface area contributed by atoms with Crippen LogP contribution in [0.25, 0.3) is 17.2 Å². The molecule has 3 aromatic rings. The van der Waals surface area contributed by atoms with Gasteiger partial charge < -0.3 is 15.2 Å². The first kappa shape index (κ1) is 23.3. The van der Waals surface area contributed by atoms with Crippen LogP contribution in [0.3, 0.4) is 0 Å². The molecule has 8 heteroatoms. The molecule has 34 heavy (non-hydrogen) atoms. The summed E-state index contributed by atoms with van der Waals surface area (Å²) >= 11 is 0. The molecule has 1 aliphatic heterocycles. The first-order chi connectivity index (χ1) is 16.3. The Balaban J connectivity index is 1.51. The van der Waals surface area contributed by atoms with E-state index in [0.29, 0.717) is 36.2 Å². The Labute approximate surface area is 198 Å². The van der Waals surface area contributed by atoms with Gasteiger partial charge in [-0.3, -0.25) is 9.59 Å². The van der Waals surface area contributed by atoms with Crippen LogP contribution in [0, 0.1) is 16.7 Å². The average Bonchev–Trinajstić information content (AvgIpc) is 3.25. The van der Waals surface area contributed by atoms with Crippen molar-refractivity contribution >= 4 is 28.9 Å². The Morgan fingerprint density at radius 2 is 1.88 bits per heavy atom. The minimum Gasteiger partial charge on any atom is -0.344 e. The van der Waals surface area contributed by atoms with Crippen molar-refractivity contribution in [1.29, 1.82) is 5.26 Å². The second-order valence-electron chi connectivity index (χ2n) is 9.47. The zero-order valence-electron chi connectivity index (χ0n) is 19.7. The number of hydrogen-bond donors (Lipinski definition) is 2. The molecule has 1 aromatic carbocycles. The van der Waals surface area contributed by atoms with Gasteiger partial charge in [-0.15, -0.1) is 0 Å². The highest BCUT2D eigenvalue weighted by molar-refractivity contribution is 6.08. The first-order valence-corrected chi connectivity index (χ1v) is 11.3. The number of aromatic nitrogens is 3. The molecule has 0 unspecified atom stereocenters. The van der Waals surface area contributed by atoms with E-state index in [-0.39, 0.29) is 17.3 Å². The zero-order chi connectivity index (χ0) is 24.3. The predicted molar refractivity (Wildman–Crippen MR) is 130 cm³/mol. The van der Waals surface area contributed by atoms with Crippen LogP contribution in [0.1, 0.15) is 48.0 Å². The van der Waals surface area contributed by atoms with Crippen LogP contribution >= 0.6 is 0 Å². The number of ketones is 1. The molecule has 0 atom stereocenters. The monoisotopic (exact) mass is 456 g/mol. The lowest BCUT2D eigenvalue weighted by atomic mass is 9.87. The summed E-state index contributed by atoms with van der Waals surface area (Å²) in [7, 11) is 0. The highest BCUT2D eigenvalue weighted by atomic mass is 16.2. The number of carbonyl (C=O) groups excluding carboxylic acids is 2. The summed E-state index contributed by atoms with van der Waals surface area (Å²) in [4.78, 5) is 39.3. The van der Waals surface area contributed by atoms with E-state index in [1.807, 2.05) is 51.1 Å². The van der Waals surface area contributed by atoms with E-state index in [1.165, 1.54) is 0 Å². The van der Waals surface area contributed by atoms with Gasteiger partial charge >= 0.3 is 0 Å². The number of rotatable bonds is 5. The lowest BCUT2D eigenvalue weighted by Gasteiger charge is -2.27. The van der Waals surface area contributed by atoms with Crippen molar-refractivity contribution in [3.05, 3.63) is 64.6 Å². The van der Waals surface area contributed by atoms with Crippen LogP contribution in [0.5, 0.6) is 0 Å². The molecule has 3 heterocycles. The predicted octanol–water partition coefficient (Wildman–Crippen LogP) is 3.12. The quantitative estimate of drug-likeness (QED) is 0.346. The van der Waals surface area contributed by atoms with Crippen molar-refractivity contribution in [3.8, 4) is 6.07 Å². The third kappa shape index (κ3) is 5.05. The summed E-state index contributed by atoms with van der Waals surface area (Å²) < 4.78 is 0. The summed E-state index contributed by atoms with van der Waals surface area (Å²) in [5.41, 5.74) is 3.91. The number of fused-ring (bicyclic) bond motifs is 1. The second kappa shape index (κ2) is 9.57. The standard InChI is InChI=1S/C26H28N6O2/c1-26(2,3)23(33)21-16-30-24-22(21)31-20(15-29-24)13-18-6-4-17(5-7-18)12-19(14-27)25(34)32-10-8-28-9-11-32/h4-7,12,15-16,28H,8-11,13H2,1-3H3,(H,29,30). The van der Waals surface area contributed by atoms with E-state index in [4.69, 9.17) is 4.98 Å². The van der Waals surface area contributed by atoms with E-state index in [9.17, 15) is 14.9 Å². The fourth-order valence-corrected chi connectivity index (χ4v) is 3.88. The summed E-state index contributed by atoms with van der Waals surface area (Å²) in [5, 5.41) is 12.7. The summed E-state index contributed by atoms with van der Waals surface area (Å²) in [5.74, 6) is -0.214. The van der Waals surface area contributed by atoms with Crippen LogP contribution in [0.2, 0.25) is 0 Å². The third-order valence-corrected chi connectivity index (χ3v) is 5.79. The number of piperazine rings is 1. The van der Waals surface area contributed by atoms with E-state index in [1.54, 1.807) is 23.4 Å².